The van der Waals surface area contributed by atoms with Crippen molar-refractivity contribution in [3.8, 4) is 0 Å². The van der Waals surface area contributed by atoms with Crippen LogP contribution in [0.5, 0.6) is 0 Å². The largest absolute Gasteiger partial charge is 0.467 e. The van der Waals surface area contributed by atoms with E-state index in [-0.39, 0.29) is 12.8 Å². The Bertz CT molecular complexity index is 742. The van der Waals surface area contributed by atoms with Crippen LogP contribution in [0.2, 0.25) is 0 Å². The molecule has 2 fully saturated rings. The molecule has 2 rings (SSSR count). The van der Waals surface area contributed by atoms with Gasteiger partial charge in [0.05, 0.1) is 32.4 Å². The van der Waals surface area contributed by atoms with E-state index in [9.17, 15) is 28.7 Å². The van der Waals surface area contributed by atoms with Crippen molar-refractivity contribution in [1.29, 1.82) is 0 Å². The molecule has 0 aromatic rings. The third-order valence-electron chi connectivity index (χ3n) is 5.70. The van der Waals surface area contributed by atoms with Crippen LogP contribution in [0.3, 0.4) is 0 Å². The van der Waals surface area contributed by atoms with E-state index in [0.717, 1.165) is 4.90 Å². The number of carbonyl (C=O) groups excluding carboxylic acids is 4. The van der Waals surface area contributed by atoms with Crippen LogP contribution < -0.4 is 0 Å². The first-order chi connectivity index (χ1) is 16.3. The van der Waals surface area contributed by atoms with Gasteiger partial charge in [-0.1, -0.05) is 0 Å². The van der Waals surface area contributed by atoms with Crippen LogP contribution in [0.1, 0.15) is 68.2 Å². The minimum Gasteiger partial charge on any atom is -0.467 e. The van der Waals surface area contributed by atoms with Crippen molar-refractivity contribution in [3.05, 3.63) is 0 Å². The molecule has 12 heteroatoms. The van der Waals surface area contributed by atoms with Gasteiger partial charge in [-0.2, -0.15) is 0 Å². The van der Waals surface area contributed by atoms with Crippen LogP contribution in [0.15, 0.2) is 0 Å². The van der Waals surface area contributed by atoms with E-state index in [2.05, 4.69) is 9.47 Å². The highest BCUT2D eigenvalue weighted by molar-refractivity contribution is 5.83. The third kappa shape index (κ3) is 8.21. The summed E-state index contributed by atoms with van der Waals surface area (Å²) in [6.07, 6.45) is -3.17. The third-order valence-corrected chi connectivity index (χ3v) is 5.70. The highest BCUT2D eigenvalue weighted by atomic mass is 19.1. The van der Waals surface area contributed by atoms with Gasteiger partial charge in [0, 0.05) is 12.8 Å². The Morgan fingerprint density at radius 2 is 1.11 bits per heavy atom. The number of amides is 2. The molecule has 0 unspecified atom stereocenters. The Morgan fingerprint density at radius 1 is 0.750 bits per heavy atom. The number of esters is 2. The van der Waals surface area contributed by atoms with Gasteiger partial charge in [0.1, 0.15) is 29.5 Å². The van der Waals surface area contributed by atoms with Crippen molar-refractivity contribution < 1.29 is 47.6 Å². The van der Waals surface area contributed by atoms with Crippen molar-refractivity contribution in [1.82, 2.24) is 9.80 Å². The van der Waals surface area contributed by atoms with E-state index in [1.54, 1.807) is 55.4 Å². The highest BCUT2D eigenvalue weighted by Crippen LogP contribution is 2.30. The van der Waals surface area contributed by atoms with Crippen LogP contribution in [0.25, 0.3) is 0 Å². The van der Waals surface area contributed by atoms with Gasteiger partial charge < -0.3 is 24.1 Å². The summed E-state index contributed by atoms with van der Waals surface area (Å²) >= 11 is 0. The van der Waals surface area contributed by atoms with Crippen LogP contribution in [0.4, 0.5) is 14.0 Å². The van der Waals surface area contributed by atoms with E-state index < -0.39 is 71.8 Å². The molecule has 0 aliphatic carbocycles. The van der Waals surface area contributed by atoms with Crippen LogP contribution in [-0.2, 0) is 28.5 Å². The fraction of sp³-hybridized carbons (Fsp3) is 0.833. The first-order valence-corrected chi connectivity index (χ1v) is 11.8. The second kappa shape index (κ2) is 12.1. The zero-order chi connectivity index (χ0) is 28.2. The molecular weight excluding hydrogens is 479 g/mol. The first-order valence-electron chi connectivity index (χ1n) is 11.8. The van der Waals surface area contributed by atoms with Crippen molar-refractivity contribution >= 4 is 24.1 Å². The standard InChI is InChI=1S/C12H20FNO4.C12H21NO5/c1-7-8(13)6-9(10(15)17-5)14(7)11(16)18-12(2,3)4;1-7-9(14)6-8(10(15)17-5)13(7)11(16)18-12(2,3)4/h7-9H,6H2,1-5H3;7-9,14H,6H2,1-5H3/t7-,8+,9-;7-,8-,9-/m00/s1. The lowest BCUT2D eigenvalue weighted by molar-refractivity contribution is -0.146. The molecule has 2 amide bonds. The Labute approximate surface area is 212 Å². The number of ether oxygens (including phenoxy) is 4. The number of halogens is 1. The molecular formula is C24H41FN2O9. The summed E-state index contributed by atoms with van der Waals surface area (Å²) in [5.41, 5.74) is -1.34. The van der Waals surface area contributed by atoms with Gasteiger partial charge >= 0.3 is 24.1 Å². The molecule has 0 aromatic heterocycles. The van der Waals surface area contributed by atoms with Gasteiger partial charge in [-0.3, -0.25) is 9.80 Å². The minimum absolute atomic E-state index is 0.0485. The summed E-state index contributed by atoms with van der Waals surface area (Å²) in [6, 6.07) is -2.85. The lowest BCUT2D eigenvalue weighted by Crippen LogP contribution is -2.47. The molecule has 0 spiro atoms. The predicted molar refractivity (Wildman–Crippen MR) is 127 cm³/mol. The molecule has 0 radical (unpaired) electrons. The summed E-state index contributed by atoms with van der Waals surface area (Å²) in [5.74, 6) is -1.16. The number of likely N-dealkylation sites (tertiary alicyclic amines) is 2. The zero-order valence-electron chi connectivity index (χ0n) is 22.9. The lowest BCUT2D eigenvalue weighted by atomic mass is 10.1. The molecule has 36 heavy (non-hydrogen) atoms. The maximum atomic E-state index is 13.6. The van der Waals surface area contributed by atoms with Gasteiger partial charge in [0.25, 0.3) is 0 Å². The lowest BCUT2D eigenvalue weighted by Gasteiger charge is -2.30. The van der Waals surface area contributed by atoms with Crippen LogP contribution in [-0.4, -0.2) is 101 Å². The van der Waals surface area contributed by atoms with E-state index in [0.29, 0.717) is 0 Å². The highest BCUT2D eigenvalue weighted by Gasteiger charge is 2.48. The number of nitrogens with zero attached hydrogens (tertiary/aromatic N) is 2. The summed E-state index contributed by atoms with van der Waals surface area (Å²) in [4.78, 5) is 49.5. The number of hydrogen-bond donors (Lipinski definition) is 1. The quantitative estimate of drug-likeness (QED) is 0.431. The molecule has 11 nitrogen and oxygen atoms in total. The first kappa shape index (κ1) is 31.4. The summed E-state index contributed by atoms with van der Waals surface area (Å²) in [7, 11) is 2.47. The number of rotatable bonds is 2. The van der Waals surface area contributed by atoms with Gasteiger partial charge in [-0.25, -0.2) is 23.6 Å². The Hall–Kier alpha value is -2.63. The Kier molecular flexibility index (Phi) is 10.5. The molecule has 0 saturated carbocycles. The molecule has 2 saturated heterocycles. The number of carbonyl (C=O) groups is 4. The van der Waals surface area contributed by atoms with E-state index >= 15 is 0 Å². The smallest absolute Gasteiger partial charge is 0.411 e. The monoisotopic (exact) mass is 520 g/mol. The topological polar surface area (TPSA) is 132 Å². The maximum absolute atomic E-state index is 13.6. The number of aliphatic hydroxyl groups is 1. The van der Waals surface area contributed by atoms with E-state index in [1.165, 1.54) is 19.1 Å². The van der Waals surface area contributed by atoms with Crippen LogP contribution >= 0.6 is 0 Å². The molecule has 2 aliphatic heterocycles. The SMILES string of the molecule is COC(=O)[C@@H]1C[C@@H](F)[C@H](C)N1C(=O)OC(C)(C)C.COC(=O)[C@@H]1C[C@H](O)[C@H](C)N1C(=O)OC(C)(C)C. The van der Waals surface area contributed by atoms with Crippen molar-refractivity contribution in [2.45, 2.75) is 116 Å². The van der Waals surface area contributed by atoms with Gasteiger partial charge in [-0.05, 0) is 55.4 Å². The molecule has 0 aromatic carbocycles. The van der Waals surface area contributed by atoms with E-state index in [1.807, 2.05) is 0 Å². The predicted octanol–water partition coefficient (Wildman–Crippen LogP) is 2.81. The number of aliphatic hydroxyl groups excluding tert-OH is 1. The molecule has 2 heterocycles. The fourth-order valence-electron chi connectivity index (χ4n) is 3.90. The average molecular weight is 521 g/mol. The number of methoxy groups -OCH3 is 2. The second-order valence-electron chi connectivity index (χ2n) is 10.9. The summed E-state index contributed by atoms with van der Waals surface area (Å²) < 4.78 is 33.3. The van der Waals surface area contributed by atoms with Gasteiger partial charge in [0.2, 0.25) is 0 Å². The van der Waals surface area contributed by atoms with Crippen molar-refractivity contribution in [2.24, 2.45) is 0 Å². The molecule has 208 valence electrons. The molecule has 1 N–H and O–H groups in total. The number of hydrogen-bond acceptors (Lipinski definition) is 9. The normalized spacial score (nSPS) is 28.1. The van der Waals surface area contributed by atoms with Crippen molar-refractivity contribution in [3.63, 3.8) is 0 Å². The average Bonchev–Trinajstić information content (AvgIpc) is 3.20. The molecule has 6 atom stereocenters. The van der Waals surface area contributed by atoms with E-state index in [4.69, 9.17) is 9.47 Å². The summed E-state index contributed by atoms with van der Waals surface area (Å²) in [5, 5.41) is 9.77. The maximum Gasteiger partial charge on any atom is 0.411 e. The van der Waals surface area contributed by atoms with Crippen LogP contribution in [0, 0.1) is 0 Å². The van der Waals surface area contributed by atoms with Crippen molar-refractivity contribution in [2.75, 3.05) is 14.2 Å². The Morgan fingerprint density at radius 3 is 1.47 bits per heavy atom. The Balaban J connectivity index is 0.000000360. The minimum atomic E-state index is -1.25. The zero-order valence-corrected chi connectivity index (χ0v) is 22.9. The summed E-state index contributed by atoms with van der Waals surface area (Å²) in [6.45, 7) is 13.6. The molecule has 0 bridgehead atoms. The number of alkyl halides is 1. The van der Waals surface area contributed by atoms with Gasteiger partial charge in [0.15, 0.2) is 0 Å². The van der Waals surface area contributed by atoms with Gasteiger partial charge in [-0.15, -0.1) is 0 Å². The second-order valence-corrected chi connectivity index (χ2v) is 10.9. The fourth-order valence-corrected chi connectivity index (χ4v) is 3.90. The molecule has 2 aliphatic rings.